The molecule has 0 spiro atoms. The Morgan fingerprint density at radius 1 is 1.17 bits per heavy atom. The maximum Gasteiger partial charge on any atom is 0.335 e. The van der Waals surface area contributed by atoms with E-state index in [1.54, 1.807) is 31.2 Å². The topological polar surface area (TPSA) is 81.7 Å². The summed E-state index contributed by atoms with van der Waals surface area (Å²) >= 11 is 0. The Balaban J connectivity index is 2.39. The quantitative estimate of drug-likeness (QED) is 0.554. The van der Waals surface area contributed by atoms with Crippen molar-refractivity contribution in [2.24, 2.45) is 5.92 Å². The van der Waals surface area contributed by atoms with E-state index in [1.807, 2.05) is 0 Å². The van der Waals surface area contributed by atoms with Gasteiger partial charge in [0.05, 0.1) is 0 Å². The maximum absolute atomic E-state index is 11.8. The van der Waals surface area contributed by atoms with Crippen LogP contribution in [0.2, 0.25) is 0 Å². The number of amides is 1. The summed E-state index contributed by atoms with van der Waals surface area (Å²) in [6, 6.07) is 6.56. The van der Waals surface area contributed by atoms with Gasteiger partial charge in [0.2, 0.25) is 0 Å². The van der Waals surface area contributed by atoms with Crippen molar-refractivity contribution in [3.05, 3.63) is 29.8 Å². The van der Waals surface area contributed by atoms with Gasteiger partial charge >= 0.3 is 5.97 Å². The van der Waals surface area contributed by atoms with Crippen molar-refractivity contribution in [3.63, 3.8) is 0 Å². The zero-order valence-corrected chi connectivity index (χ0v) is 14.6. The second-order valence-corrected chi connectivity index (χ2v) is 5.99. The van der Waals surface area contributed by atoms with E-state index in [1.165, 1.54) is 6.92 Å². The molecule has 0 saturated carbocycles. The van der Waals surface area contributed by atoms with Crippen molar-refractivity contribution in [1.82, 2.24) is 0 Å². The van der Waals surface area contributed by atoms with E-state index in [9.17, 15) is 14.4 Å². The molecule has 1 N–H and O–H groups in total. The highest BCUT2D eigenvalue weighted by Gasteiger charge is 2.16. The molecule has 1 rings (SSSR count). The van der Waals surface area contributed by atoms with Gasteiger partial charge in [-0.3, -0.25) is 9.59 Å². The van der Waals surface area contributed by atoms with Gasteiger partial charge in [0, 0.05) is 17.9 Å². The van der Waals surface area contributed by atoms with E-state index in [-0.39, 0.29) is 5.78 Å². The van der Waals surface area contributed by atoms with Crippen LogP contribution in [0.5, 0.6) is 0 Å². The Bertz CT molecular complexity index is 583. The number of ether oxygens (including phenoxy) is 2. The Morgan fingerprint density at radius 2 is 1.88 bits per heavy atom. The number of hydrogen-bond donors (Lipinski definition) is 1. The predicted octanol–water partition coefficient (Wildman–Crippen LogP) is 2.82. The lowest BCUT2D eigenvalue weighted by Gasteiger charge is -2.13. The van der Waals surface area contributed by atoms with E-state index >= 15 is 0 Å². The van der Waals surface area contributed by atoms with Crippen molar-refractivity contribution in [2.45, 2.75) is 40.2 Å². The largest absolute Gasteiger partial charge is 0.454 e. The summed E-state index contributed by atoms with van der Waals surface area (Å²) in [6.45, 7) is 7.24. The molecule has 0 radical (unpaired) electrons. The smallest absolute Gasteiger partial charge is 0.335 e. The Hall–Kier alpha value is -2.21. The van der Waals surface area contributed by atoms with E-state index in [0.29, 0.717) is 23.8 Å². The second kappa shape index (κ2) is 9.82. The summed E-state index contributed by atoms with van der Waals surface area (Å²) in [5, 5.41) is 2.58. The molecule has 0 saturated heterocycles. The molecule has 0 heterocycles. The zero-order chi connectivity index (χ0) is 18.1. The van der Waals surface area contributed by atoms with Gasteiger partial charge in [-0.25, -0.2) is 4.79 Å². The van der Waals surface area contributed by atoms with Crippen molar-refractivity contribution in [2.75, 3.05) is 18.5 Å². The van der Waals surface area contributed by atoms with Crippen molar-refractivity contribution in [3.8, 4) is 0 Å². The number of nitrogens with one attached hydrogen (secondary N) is 1. The average molecular weight is 335 g/mol. The lowest BCUT2D eigenvalue weighted by atomic mass is 10.1. The summed E-state index contributed by atoms with van der Waals surface area (Å²) in [5.74, 6) is -0.653. The lowest BCUT2D eigenvalue weighted by Crippen LogP contribution is -2.28. The van der Waals surface area contributed by atoms with Crippen LogP contribution in [0.4, 0.5) is 5.69 Å². The fraction of sp³-hybridized carbons (Fsp3) is 0.500. The molecule has 1 atom stereocenters. The Labute approximate surface area is 142 Å². The molecule has 0 bridgehead atoms. The molecule has 1 aromatic carbocycles. The average Bonchev–Trinajstić information content (AvgIpc) is 2.52. The number of hydrogen-bond acceptors (Lipinski definition) is 5. The van der Waals surface area contributed by atoms with Crippen LogP contribution >= 0.6 is 0 Å². The minimum Gasteiger partial charge on any atom is -0.454 e. The molecular weight excluding hydrogens is 310 g/mol. The number of ketones is 1. The van der Waals surface area contributed by atoms with E-state index in [4.69, 9.17) is 9.47 Å². The molecule has 24 heavy (non-hydrogen) atoms. The first-order valence-electron chi connectivity index (χ1n) is 7.98. The summed E-state index contributed by atoms with van der Waals surface area (Å²) in [7, 11) is 0. The number of carbonyl (C=O) groups is 3. The van der Waals surface area contributed by atoms with Crippen LogP contribution in [0.1, 0.15) is 44.5 Å². The van der Waals surface area contributed by atoms with Crippen LogP contribution in [-0.4, -0.2) is 37.0 Å². The van der Waals surface area contributed by atoms with Gasteiger partial charge in [0.1, 0.15) is 0 Å². The molecule has 0 aliphatic carbocycles. The molecule has 0 aromatic heterocycles. The number of rotatable bonds is 9. The van der Waals surface area contributed by atoms with Gasteiger partial charge in [0.15, 0.2) is 18.5 Å². The van der Waals surface area contributed by atoms with Crippen LogP contribution in [0.3, 0.4) is 0 Å². The first-order chi connectivity index (χ1) is 11.3. The van der Waals surface area contributed by atoms with Crippen molar-refractivity contribution >= 4 is 23.3 Å². The standard InChI is InChI=1S/C18H25NO5/c1-12(2)8-9-23-14(4)18(22)24-11-17(21)19-16-7-5-6-15(10-16)13(3)20/h5-7,10,12,14H,8-9,11H2,1-4H3,(H,19,21). The van der Waals surface area contributed by atoms with E-state index in [0.717, 1.165) is 6.42 Å². The summed E-state index contributed by atoms with van der Waals surface area (Å²) in [4.78, 5) is 34.9. The number of benzene rings is 1. The zero-order valence-electron chi connectivity index (χ0n) is 14.6. The highest BCUT2D eigenvalue weighted by atomic mass is 16.6. The Morgan fingerprint density at radius 3 is 2.50 bits per heavy atom. The maximum atomic E-state index is 11.8. The summed E-state index contributed by atoms with van der Waals surface area (Å²) in [6.07, 6.45) is 0.141. The monoisotopic (exact) mass is 335 g/mol. The van der Waals surface area contributed by atoms with Crippen molar-refractivity contribution < 1.29 is 23.9 Å². The third-order valence-corrected chi connectivity index (χ3v) is 3.29. The van der Waals surface area contributed by atoms with E-state index < -0.39 is 24.6 Å². The Kier molecular flexibility index (Phi) is 8.12. The van der Waals surface area contributed by atoms with Gasteiger partial charge in [-0.05, 0) is 38.3 Å². The summed E-state index contributed by atoms with van der Waals surface area (Å²) < 4.78 is 10.3. The van der Waals surface area contributed by atoms with Gasteiger partial charge in [-0.15, -0.1) is 0 Å². The normalized spacial score (nSPS) is 11.9. The fourth-order valence-electron chi connectivity index (χ4n) is 1.82. The number of carbonyl (C=O) groups excluding carboxylic acids is 3. The van der Waals surface area contributed by atoms with Crippen LogP contribution in [0.15, 0.2) is 24.3 Å². The molecule has 6 nitrogen and oxygen atoms in total. The third-order valence-electron chi connectivity index (χ3n) is 3.29. The number of anilines is 1. The van der Waals surface area contributed by atoms with Crippen molar-refractivity contribution in [1.29, 1.82) is 0 Å². The predicted molar refractivity (Wildman–Crippen MR) is 90.9 cm³/mol. The molecule has 6 heteroatoms. The third kappa shape index (κ3) is 7.37. The lowest BCUT2D eigenvalue weighted by molar-refractivity contribution is -0.158. The molecule has 0 fully saturated rings. The highest BCUT2D eigenvalue weighted by Crippen LogP contribution is 2.11. The molecule has 0 aliphatic heterocycles. The molecule has 1 amide bonds. The van der Waals surface area contributed by atoms with E-state index in [2.05, 4.69) is 19.2 Å². The number of Topliss-reactive ketones (excluding diaryl/α,β-unsaturated/α-hetero) is 1. The first-order valence-corrected chi connectivity index (χ1v) is 7.98. The minimum absolute atomic E-state index is 0.0927. The molecular formula is C18H25NO5. The molecule has 1 unspecified atom stereocenters. The summed E-state index contributed by atoms with van der Waals surface area (Å²) in [5.41, 5.74) is 0.974. The van der Waals surface area contributed by atoms with Gasteiger partial charge < -0.3 is 14.8 Å². The molecule has 1 aromatic rings. The van der Waals surface area contributed by atoms with Crippen LogP contribution in [-0.2, 0) is 19.1 Å². The minimum atomic E-state index is -0.711. The highest BCUT2D eigenvalue weighted by molar-refractivity contribution is 5.97. The van der Waals surface area contributed by atoms with Gasteiger partial charge in [0.25, 0.3) is 5.91 Å². The van der Waals surface area contributed by atoms with Crippen LogP contribution < -0.4 is 5.32 Å². The van der Waals surface area contributed by atoms with Gasteiger partial charge in [-0.2, -0.15) is 0 Å². The SMILES string of the molecule is CC(=O)c1cccc(NC(=O)COC(=O)C(C)OCCC(C)C)c1. The van der Waals surface area contributed by atoms with Crippen LogP contribution in [0.25, 0.3) is 0 Å². The molecule has 132 valence electrons. The fourth-order valence-corrected chi connectivity index (χ4v) is 1.82. The second-order valence-electron chi connectivity index (χ2n) is 5.99. The first kappa shape index (κ1) is 19.8. The van der Waals surface area contributed by atoms with Crippen LogP contribution in [0, 0.1) is 5.92 Å². The molecule has 0 aliphatic rings. The van der Waals surface area contributed by atoms with Gasteiger partial charge in [-0.1, -0.05) is 26.0 Å². The number of esters is 1.